The Kier molecular flexibility index (Phi) is 8.63. The molecule has 3 aliphatic rings. The van der Waals surface area contributed by atoms with Crippen LogP contribution in [0.4, 0.5) is 4.79 Å². The van der Waals surface area contributed by atoms with Crippen LogP contribution in [0.3, 0.4) is 0 Å². The monoisotopic (exact) mass is 597 g/mol. The van der Waals surface area contributed by atoms with Crippen molar-refractivity contribution in [3.8, 4) is 5.75 Å². The Labute approximate surface area is 249 Å². The first kappa shape index (κ1) is 27.6. The number of rotatable bonds is 7. The Bertz CT molecular complexity index is 1420. The molecule has 1 N–H and O–H groups in total. The quantitative estimate of drug-likeness (QED) is 0.231. The van der Waals surface area contributed by atoms with E-state index >= 15 is 0 Å². The van der Waals surface area contributed by atoms with Crippen LogP contribution >= 0.6 is 35.0 Å². The number of ether oxygens (including phenoxy) is 2. The number of thioether (sulfide) groups is 1. The fourth-order valence-electron chi connectivity index (χ4n) is 5.66. The van der Waals surface area contributed by atoms with E-state index in [2.05, 4.69) is 9.88 Å². The summed E-state index contributed by atoms with van der Waals surface area (Å²) in [7, 11) is 0. The van der Waals surface area contributed by atoms with E-state index < -0.39 is 0 Å². The summed E-state index contributed by atoms with van der Waals surface area (Å²) in [6.07, 6.45) is 7.44. The van der Waals surface area contributed by atoms with Crippen LogP contribution in [0.1, 0.15) is 35.7 Å². The number of halogens is 2. The molecule has 1 aromatic heterocycles. The van der Waals surface area contributed by atoms with Gasteiger partial charge in [0.25, 0.3) is 0 Å². The van der Waals surface area contributed by atoms with Crippen molar-refractivity contribution in [2.24, 2.45) is 0 Å². The summed E-state index contributed by atoms with van der Waals surface area (Å²) >= 11 is 14.5. The van der Waals surface area contributed by atoms with E-state index in [4.69, 9.17) is 32.7 Å². The second-order valence-corrected chi connectivity index (χ2v) is 12.6. The normalized spacial score (nSPS) is 21.2. The topological polar surface area (TPSA) is 57.8 Å². The molecule has 0 spiro atoms. The third-order valence-electron chi connectivity index (χ3n) is 7.73. The molecule has 6 rings (SSSR count). The Balaban J connectivity index is 1.21. The number of benzene rings is 2. The van der Waals surface area contributed by atoms with E-state index in [1.54, 1.807) is 11.0 Å². The van der Waals surface area contributed by atoms with Gasteiger partial charge in [0.2, 0.25) is 0 Å². The third-order valence-corrected chi connectivity index (χ3v) is 9.23. The molecular weight excluding hydrogens is 565 g/mol. The smallest absolute Gasteiger partial charge is 0.416 e. The second-order valence-electron chi connectivity index (χ2n) is 10.4. The van der Waals surface area contributed by atoms with Gasteiger partial charge < -0.3 is 19.4 Å². The molecule has 0 bridgehead atoms. The SMILES string of the molecule is O=C(OC1=CCC(Cl)C=C1)N1CCc2c([nH]c3ccc(Cl)cc23)C1c1ccc(OCCCN2CCSCC2)cc1. The summed E-state index contributed by atoms with van der Waals surface area (Å²) in [5, 5.41) is 1.72. The minimum absolute atomic E-state index is 0.0736. The Morgan fingerprint density at radius 2 is 1.93 bits per heavy atom. The van der Waals surface area contributed by atoms with E-state index in [0.717, 1.165) is 40.9 Å². The predicted octanol–water partition coefficient (Wildman–Crippen LogP) is 7.17. The molecule has 6 nitrogen and oxygen atoms in total. The number of aromatic amines is 1. The van der Waals surface area contributed by atoms with Crippen molar-refractivity contribution in [1.82, 2.24) is 14.8 Å². The molecule has 3 aromatic rings. The van der Waals surface area contributed by atoms with Crippen molar-refractivity contribution in [3.05, 3.63) is 88.3 Å². The molecule has 210 valence electrons. The van der Waals surface area contributed by atoms with Gasteiger partial charge in [-0.1, -0.05) is 29.8 Å². The highest BCUT2D eigenvalue weighted by atomic mass is 35.5. The minimum atomic E-state index is -0.382. The minimum Gasteiger partial charge on any atom is -0.494 e. The molecule has 3 heterocycles. The summed E-state index contributed by atoms with van der Waals surface area (Å²) in [6.45, 7) is 4.62. The van der Waals surface area contributed by atoms with Crippen LogP contribution in [0.25, 0.3) is 10.9 Å². The van der Waals surface area contributed by atoms with Crippen LogP contribution in [0, 0.1) is 0 Å². The molecular formula is C31H33Cl2N3O3S. The lowest BCUT2D eigenvalue weighted by atomic mass is 9.92. The average molecular weight is 599 g/mol. The van der Waals surface area contributed by atoms with Crippen LogP contribution in [0.2, 0.25) is 5.02 Å². The Morgan fingerprint density at radius 1 is 1.10 bits per heavy atom. The maximum absolute atomic E-state index is 13.5. The van der Waals surface area contributed by atoms with Crippen molar-refractivity contribution in [2.45, 2.75) is 30.7 Å². The van der Waals surface area contributed by atoms with E-state index in [0.29, 0.717) is 36.8 Å². The van der Waals surface area contributed by atoms with E-state index in [1.807, 2.05) is 66.4 Å². The Hall–Kier alpha value is -2.58. The first-order valence-electron chi connectivity index (χ1n) is 13.9. The summed E-state index contributed by atoms with van der Waals surface area (Å²) in [4.78, 5) is 21.4. The van der Waals surface area contributed by atoms with Gasteiger partial charge in [-0.2, -0.15) is 11.8 Å². The summed E-state index contributed by atoms with van der Waals surface area (Å²) in [6, 6.07) is 13.6. The molecule has 1 fully saturated rings. The zero-order chi connectivity index (χ0) is 27.5. The van der Waals surface area contributed by atoms with Crippen LogP contribution in [-0.4, -0.2) is 70.5 Å². The van der Waals surface area contributed by atoms with Gasteiger partial charge >= 0.3 is 6.09 Å². The predicted molar refractivity (Wildman–Crippen MR) is 164 cm³/mol. The zero-order valence-corrected chi connectivity index (χ0v) is 24.6. The molecule has 9 heteroatoms. The van der Waals surface area contributed by atoms with Crippen molar-refractivity contribution in [3.63, 3.8) is 0 Å². The maximum Gasteiger partial charge on any atom is 0.416 e. The number of carbonyl (C=O) groups is 1. The number of fused-ring (bicyclic) bond motifs is 3. The number of carbonyl (C=O) groups excluding carboxylic acids is 1. The molecule has 1 saturated heterocycles. The average Bonchev–Trinajstić information content (AvgIpc) is 3.35. The number of aromatic nitrogens is 1. The lowest BCUT2D eigenvalue weighted by molar-refractivity contribution is 0.115. The van der Waals surface area contributed by atoms with Gasteiger partial charge in [-0.3, -0.25) is 4.90 Å². The number of allylic oxidation sites excluding steroid dienone is 3. The van der Waals surface area contributed by atoms with Crippen molar-refractivity contribution < 1.29 is 14.3 Å². The molecule has 2 aliphatic heterocycles. The van der Waals surface area contributed by atoms with Crippen molar-refractivity contribution in [1.29, 1.82) is 0 Å². The van der Waals surface area contributed by atoms with Crippen LogP contribution in [-0.2, 0) is 11.2 Å². The van der Waals surface area contributed by atoms with Gasteiger partial charge in [-0.15, -0.1) is 11.6 Å². The van der Waals surface area contributed by atoms with E-state index in [9.17, 15) is 4.79 Å². The fourth-order valence-corrected chi connectivity index (χ4v) is 6.98. The van der Waals surface area contributed by atoms with Gasteiger partial charge in [0.05, 0.1) is 12.0 Å². The maximum atomic E-state index is 13.5. The third kappa shape index (κ3) is 6.18. The van der Waals surface area contributed by atoms with Gasteiger partial charge in [0.15, 0.2) is 0 Å². The number of H-pyrrole nitrogens is 1. The first-order chi connectivity index (χ1) is 19.5. The lowest BCUT2D eigenvalue weighted by Gasteiger charge is -2.35. The van der Waals surface area contributed by atoms with Gasteiger partial charge in [-0.05, 0) is 72.9 Å². The molecule has 1 amide bonds. The van der Waals surface area contributed by atoms with E-state index in [1.165, 1.54) is 30.2 Å². The number of alkyl halides is 1. The Morgan fingerprint density at radius 3 is 2.70 bits per heavy atom. The highest BCUT2D eigenvalue weighted by molar-refractivity contribution is 7.99. The zero-order valence-electron chi connectivity index (χ0n) is 22.3. The summed E-state index contributed by atoms with van der Waals surface area (Å²) < 4.78 is 11.9. The molecule has 0 radical (unpaired) electrons. The standard InChI is InChI=1S/C31H33Cl2N3O3S/c32-22-4-9-25(10-5-22)39-31(37)36-14-12-26-27-20-23(33)6-11-28(27)34-29(26)30(36)21-2-7-24(8-3-21)38-17-1-13-35-15-18-40-19-16-35/h2-4,6-11,20,22,30,34H,1,5,12-19H2. The lowest BCUT2D eigenvalue weighted by Crippen LogP contribution is -2.40. The van der Waals surface area contributed by atoms with Crippen molar-refractivity contribution in [2.75, 3.05) is 44.3 Å². The number of hydrogen-bond donors (Lipinski definition) is 1. The molecule has 40 heavy (non-hydrogen) atoms. The molecule has 1 aliphatic carbocycles. The summed E-state index contributed by atoms with van der Waals surface area (Å²) in [5.74, 6) is 3.81. The highest BCUT2D eigenvalue weighted by Crippen LogP contribution is 2.40. The molecule has 0 saturated carbocycles. The number of hydrogen-bond acceptors (Lipinski definition) is 5. The van der Waals surface area contributed by atoms with Crippen LogP contribution < -0.4 is 4.74 Å². The largest absolute Gasteiger partial charge is 0.494 e. The number of amides is 1. The van der Waals surface area contributed by atoms with Crippen molar-refractivity contribution >= 4 is 52.0 Å². The second kappa shape index (κ2) is 12.5. The number of nitrogens with zero attached hydrogens (tertiary/aromatic N) is 2. The van der Waals surface area contributed by atoms with Gasteiger partial charge in [-0.25, -0.2) is 4.79 Å². The van der Waals surface area contributed by atoms with E-state index in [-0.39, 0.29) is 17.5 Å². The van der Waals surface area contributed by atoms with Crippen LogP contribution in [0.15, 0.2) is 66.5 Å². The molecule has 2 aromatic carbocycles. The first-order valence-corrected chi connectivity index (χ1v) is 15.9. The van der Waals surface area contributed by atoms with Crippen LogP contribution in [0.5, 0.6) is 5.75 Å². The fraction of sp³-hybridized carbons (Fsp3) is 0.387. The number of nitrogens with one attached hydrogen (secondary N) is 1. The van der Waals surface area contributed by atoms with Gasteiger partial charge in [0.1, 0.15) is 17.6 Å². The summed E-state index contributed by atoms with van der Waals surface area (Å²) in [5.41, 5.74) is 4.17. The highest BCUT2D eigenvalue weighted by Gasteiger charge is 2.36. The van der Waals surface area contributed by atoms with Gasteiger partial charge in [0, 0.05) is 59.3 Å². The molecule has 2 unspecified atom stereocenters. The molecule has 2 atom stereocenters.